The maximum atomic E-state index is 11.1. The first kappa shape index (κ1) is 16.1. The number of amides is 1. The molecule has 0 saturated heterocycles. The Morgan fingerprint density at radius 1 is 1.24 bits per heavy atom. The van der Waals surface area contributed by atoms with Gasteiger partial charge in [-0.25, -0.2) is 0 Å². The third-order valence-electron chi connectivity index (χ3n) is 4.76. The van der Waals surface area contributed by atoms with E-state index in [0.29, 0.717) is 5.92 Å². The van der Waals surface area contributed by atoms with Crippen molar-refractivity contribution < 1.29 is 4.79 Å². The SMILES string of the molecule is CCCCCCC(CC)c1ccc2c(c1)CCCN2C=O. The molecule has 1 aromatic rings. The van der Waals surface area contributed by atoms with Crippen molar-refractivity contribution in [3.8, 4) is 0 Å². The lowest BCUT2D eigenvalue weighted by Crippen LogP contribution is -2.27. The second-order valence-corrected chi connectivity index (χ2v) is 6.25. The standard InChI is InChI=1S/C19H29NO/c1-3-5-6-7-9-16(4-2)17-11-12-19-18(14-17)10-8-13-20(19)15-21/h11-12,14-16H,3-10,13H2,1-2H3. The van der Waals surface area contributed by atoms with E-state index >= 15 is 0 Å². The first-order chi connectivity index (χ1) is 10.3. The number of hydrogen-bond donors (Lipinski definition) is 0. The quantitative estimate of drug-likeness (QED) is 0.483. The molecule has 0 aliphatic carbocycles. The van der Waals surface area contributed by atoms with Gasteiger partial charge in [0.05, 0.1) is 0 Å². The summed E-state index contributed by atoms with van der Waals surface area (Å²) in [5.41, 5.74) is 3.96. The van der Waals surface area contributed by atoms with E-state index in [2.05, 4.69) is 32.0 Å². The molecule has 1 amide bonds. The lowest BCUT2D eigenvalue weighted by molar-refractivity contribution is -0.107. The van der Waals surface area contributed by atoms with Crippen molar-refractivity contribution >= 4 is 12.1 Å². The summed E-state index contributed by atoms with van der Waals surface area (Å²) in [5.74, 6) is 0.679. The van der Waals surface area contributed by atoms with Crippen LogP contribution in [0.15, 0.2) is 18.2 Å². The van der Waals surface area contributed by atoms with Gasteiger partial charge in [-0.3, -0.25) is 4.79 Å². The number of carbonyl (C=O) groups excluding carboxylic acids is 1. The van der Waals surface area contributed by atoms with Crippen LogP contribution in [-0.4, -0.2) is 13.0 Å². The van der Waals surface area contributed by atoms with Crippen molar-refractivity contribution in [3.05, 3.63) is 29.3 Å². The number of rotatable bonds is 8. The largest absolute Gasteiger partial charge is 0.315 e. The summed E-state index contributed by atoms with van der Waals surface area (Å²) in [6, 6.07) is 6.76. The van der Waals surface area contributed by atoms with Gasteiger partial charge < -0.3 is 4.90 Å². The molecule has 0 bridgehead atoms. The van der Waals surface area contributed by atoms with Gasteiger partial charge in [-0.05, 0) is 48.8 Å². The van der Waals surface area contributed by atoms with Crippen LogP contribution >= 0.6 is 0 Å². The molecule has 1 heterocycles. The van der Waals surface area contributed by atoms with Crippen LogP contribution in [0.4, 0.5) is 5.69 Å². The molecule has 0 spiro atoms. The van der Waals surface area contributed by atoms with E-state index in [1.807, 2.05) is 4.90 Å². The predicted molar refractivity (Wildman–Crippen MR) is 90.0 cm³/mol. The second-order valence-electron chi connectivity index (χ2n) is 6.25. The van der Waals surface area contributed by atoms with Crippen LogP contribution in [0, 0.1) is 0 Å². The fourth-order valence-corrected chi connectivity index (χ4v) is 3.43. The first-order valence-electron chi connectivity index (χ1n) is 8.64. The minimum atomic E-state index is 0.679. The van der Waals surface area contributed by atoms with Gasteiger partial charge in [0.15, 0.2) is 0 Å². The average Bonchev–Trinajstić information content (AvgIpc) is 2.54. The normalized spacial score (nSPS) is 15.6. The van der Waals surface area contributed by atoms with Crippen LogP contribution in [0.25, 0.3) is 0 Å². The Labute approximate surface area is 129 Å². The van der Waals surface area contributed by atoms with E-state index in [0.717, 1.165) is 31.5 Å². The van der Waals surface area contributed by atoms with Crippen molar-refractivity contribution in [2.24, 2.45) is 0 Å². The molecule has 2 rings (SSSR count). The Bertz CT molecular complexity index is 455. The van der Waals surface area contributed by atoms with Crippen LogP contribution in [0.2, 0.25) is 0 Å². The topological polar surface area (TPSA) is 20.3 Å². The van der Waals surface area contributed by atoms with E-state index in [4.69, 9.17) is 0 Å². The van der Waals surface area contributed by atoms with Gasteiger partial charge in [-0.15, -0.1) is 0 Å². The van der Waals surface area contributed by atoms with Crippen molar-refractivity contribution in [2.45, 2.75) is 71.1 Å². The number of fused-ring (bicyclic) bond motifs is 1. The highest BCUT2D eigenvalue weighted by Crippen LogP contribution is 2.32. The van der Waals surface area contributed by atoms with Crippen molar-refractivity contribution in [3.63, 3.8) is 0 Å². The zero-order valence-electron chi connectivity index (χ0n) is 13.6. The molecular weight excluding hydrogens is 258 g/mol. The van der Waals surface area contributed by atoms with Crippen LogP contribution in [0.5, 0.6) is 0 Å². The number of aryl methyl sites for hydroxylation is 1. The Morgan fingerprint density at radius 3 is 2.81 bits per heavy atom. The van der Waals surface area contributed by atoms with Gasteiger partial charge >= 0.3 is 0 Å². The minimum absolute atomic E-state index is 0.679. The summed E-state index contributed by atoms with van der Waals surface area (Å²) in [7, 11) is 0. The Morgan fingerprint density at radius 2 is 2.10 bits per heavy atom. The molecule has 2 nitrogen and oxygen atoms in total. The molecule has 0 aromatic heterocycles. The van der Waals surface area contributed by atoms with Crippen molar-refractivity contribution in [2.75, 3.05) is 11.4 Å². The van der Waals surface area contributed by atoms with Gasteiger partial charge in [0.2, 0.25) is 6.41 Å². The van der Waals surface area contributed by atoms with Crippen LogP contribution < -0.4 is 4.90 Å². The van der Waals surface area contributed by atoms with Crippen molar-refractivity contribution in [1.82, 2.24) is 0 Å². The summed E-state index contributed by atoms with van der Waals surface area (Å²) in [6.45, 7) is 5.42. The van der Waals surface area contributed by atoms with Crippen LogP contribution in [0.1, 0.15) is 75.8 Å². The molecule has 116 valence electrons. The molecule has 1 atom stereocenters. The lowest BCUT2D eigenvalue weighted by Gasteiger charge is -2.27. The lowest BCUT2D eigenvalue weighted by atomic mass is 9.88. The zero-order chi connectivity index (χ0) is 15.1. The Balaban J connectivity index is 2.06. The fraction of sp³-hybridized carbons (Fsp3) is 0.632. The van der Waals surface area contributed by atoms with E-state index in [1.165, 1.54) is 49.7 Å². The molecule has 1 aromatic carbocycles. The maximum Gasteiger partial charge on any atom is 0.214 e. The Kier molecular flexibility index (Phi) is 6.28. The number of nitrogens with zero attached hydrogens (tertiary/aromatic N) is 1. The summed E-state index contributed by atoms with van der Waals surface area (Å²) >= 11 is 0. The van der Waals surface area contributed by atoms with Crippen LogP contribution in [0.3, 0.4) is 0 Å². The van der Waals surface area contributed by atoms with E-state index in [1.54, 1.807) is 0 Å². The van der Waals surface area contributed by atoms with Crippen molar-refractivity contribution in [1.29, 1.82) is 0 Å². The van der Waals surface area contributed by atoms with E-state index in [-0.39, 0.29) is 0 Å². The highest BCUT2D eigenvalue weighted by molar-refractivity contribution is 5.78. The third-order valence-corrected chi connectivity index (χ3v) is 4.76. The monoisotopic (exact) mass is 287 g/mol. The molecule has 0 N–H and O–H groups in total. The van der Waals surface area contributed by atoms with Crippen LogP contribution in [-0.2, 0) is 11.2 Å². The molecule has 2 heteroatoms. The highest BCUT2D eigenvalue weighted by atomic mass is 16.1. The minimum Gasteiger partial charge on any atom is -0.315 e. The van der Waals surface area contributed by atoms with E-state index in [9.17, 15) is 4.79 Å². The highest BCUT2D eigenvalue weighted by Gasteiger charge is 2.18. The molecule has 1 aliphatic heterocycles. The number of unbranched alkanes of at least 4 members (excludes halogenated alkanes) is 3. The molecule has 0 fully saturated rings. The molecule has 1 unspecified atom stereocenters. The number of carbonyl (C=O) groups is 1. The summed E-state index contributed by atoms with van der Waals surface area (Å²) in [5, 5.41) is 0. The van der Waals surface area contributed by atoms with Gasteiger partial charge in [0.25, 0.3) is 0 Å². The van der Waals surface area contributed by atoms with Gasteiger partial charge in [0, 0.05) is 12.2 Å². The molecule has 1 aliphatic rings. The third kappa shape index (κ3) is 4.09. The number of anilines is 1. The summed E-state index contributed by atoms with van der Waals surface area (Å²) in [6.07, 6.45) is 11.0. The van der Waals surface area contributed by atoms with Gasteiger partial charge in [-0.1, -0.05) is 51.7 Å². The first-order valence-corrected chi connectivity index (χ1v) is 8.64. The smallest absolute Gasteiger partial charge is 0.214 e. The van der Waals surface area contributed by atoms with E-state index < -0.39 is 0 Å². The molecule has 0 radical (unpaired) electrons. The molecule has 0 saturated carbocycles. The predicted octanol–water partition coefficient (Wildman–Crippen LogP) is 5.06. The Hall–Kier alpha value is -1.31. The second kappa shape index (κ2) is 8.21. The summed E-state index contributed by atoms with van der Waals surface area (Å²) < 4.78 is 0. The number of hydrogen-bond acceptors (Lipinski definition) is 1. The fourth-order valence-electron chi connectivity index (χ4n) is 3.43. The van der Waals surface area contributed by atoms with Gasteiger partial charge in [0.1, 0.15) is 0 Å². The van der Waals surface area contributed by atoms with Gasteiger partial charge in [-0.2, -0.15) is 0 Å². The maximum absolute atomic E-state index is 11.1. The zero-order valence-corrected chi connectivity index (χ0v) is 13.6. The number of benzene rings is 1. The molecule has 21 heavy (non-hydrogen) atoms. The molecular formula is C19H29NO. The summed E-state index contributed by atoms with van der Waals surface area (Å²) in [4.78, 5) is 13.0. The average molecular weight is 287 g/mol.